The number of carbonyl (C=O) groups excluding carboxylic acids is 1. The minimum Gasteiger partial charge on any atom is -0.480 e. The maximum Gasteiger partial charge on any atom is 0.260 e. The van der Waals surface area contributed by atoms with Crippen molar-refractivity contribution in [1.29, 1.82) is 0 Å². The Balaban J connectivity index is 1.80. The van der Waals surface area contributed by atoms with Crippen LogP contribution in [0, 0.1) is 11.7 Å². The Labute approximate surface area is 151 Å². The van der Waals surface area contributed by atoms with Gasteiger partial charge < -0.3 is 15.0 Å². The van der Waals surface area contributed by atoms with Crippen molar-refractivity contribution in [2.75, 3.05) is 19.6 Å². The van der Waals surface area contributed by atoms with Gasteiger partial charge in [0.1, 0.15) is 11.6 Å². The van der Waals surface area contributed by atoms with Gasteiger partial charge in [-0.25, -0.2) is 4.39 Å². The molecule has 1 aliphatic rings. The summed E-state index contributed by atoms with van der Waals surface area (Å²) in [5, 5.41) is 3.06. The number of halogens is 2. The zero-order valence-corrected chi connectivity index (χ0v) is 16.1. The lowest BCUT2D eigenvalue weighted by atomic mass is 10.0. The highest BCUT2D eigenvalue weighted by atomic mass is 79.9. The van der Waals surface area contributed by atoms with E-state index in [1.165, 1.54) is 18.2 Å². The number of amides is 1. The first-order valence-electron chi connectivity index (χ1n) is 8.49. The van der Waals surface area contributed by atoms with Crippen molar-refractivity contribution in [3.63, 3.8) is 0 Å². The van der Waals surface area contributed by atoms with Crippen LogP contribution < -0.4 is 10.1 Å². The fraction of sp³-hybridized carbons (Fsp3) is 0.611. The molecule has 1 saturated heterocycles. The van der Waals surface area contributed by atoms with Crippen molar-refractivity contribution >= 4 is 21.8 Å². The fourth-order valence-electron chi connectivity index (χ4n) is 2.91. The highest BCUT2D eigenvalue weighted by Crippen LogP contribution is 2.26. The molecule has 4 nitrogen and oxygen atoms in total. The van der Waals surface area contributed by atoms with E-state index in [-0.39, 0.29) is 17.8 Å². The Kier molecular flexibility index (Phi) is 7.04. The zero-order valence-electron chi connectivity index (χ0n) is 14.5. The van der Waals surface area contributed by atoms with E-state index in [1.807, 2.05) is 0 Å². The third-order valence-corrected chi connectivity index (χ3v) is 4.74. The predicted octanol–water partition coefficient (Wildman–Crippen LogP) is 3.59. The number of piperidine rings is 1. The molecule has 1 amide bonds. The Morgan fingerprint density at radius 1 is 1.38 bits per heavy atom. The van der Waals surface area contributed by atoms with Crippen LogP contribution in [0.1, 0.15) is 33.6 Å². The first-order valence-corrected chi connectivity index (χ1v) is 9.29. The first-order chi connectivity index (χ1) is 11.3. The van der Waals surface area contributed by atoms with E-state index in [4.69, 9.17) is 4.74 Å². The molecule has 0 aromatic heterocycles. The van der Waals surface area contributed by atoms with E-state index < -0.39 is 6.10 Å². The summed E-state index contributed by atoms with van der Waals surface area (Å²) < 4.78 is 19.2. The summed E-state index contributed by atoms with van der Waals surface area (Å²) in [4.78, 5) is 14.8. The molecule has 0 aliphatic carbocycles. The van der Waals surface area contributed by atoms with Crippen LogP contribution in [0.15, 0.2) is 22.7 Å². The summed E-state index contributed by atoms with van der Waals surface area (Å²) >= 11 is 3.25. The third-order valence-electron chi connectivity index (χ3n) is 4.12. The molecule has 1 aromatic rings. The van der Waals surface area contributed by atoms with Crippen LogP contribution >= 0.6 is 15.9 Å². The smallest absolute Gasteiger partial charge is 0.260 e. The van der Waals surface area contributed by atoms with Gasteiger partial charge >= 0.3 is 0 Å². The molecule has 0 bridgehead atoms. The van der Waals surface area contributed by atoms with Gasteiger partial charge in [-0.3, -0.25) is 4.79 Å². The molecule has 2 rings (SSSR count). The summed E-state index contributed by atoms with van der Waals surface area (Å²) in [5.41, 5.74) is 0. The maximum atomic E-state index is 13.1. The van der Waals surface area contributed by atoms with Gasteiger partial charge in [-0.15, -0.1) is 0 Å². The van der Waals surface area contributed by atoms with Gasteiger partial charge in [0.2, 0.25) is 0 Å². The van der Waals surface area contributed by atoms with Gasteiger partial charge in [0.25, 0.3) is 5.91 Å². The minimum atomic E-state index is -0.625. The summed E-state index contributed by atoms with van der Waals surface area (Å²) in [6, 6.07) is 4.36. The number of nitrogens with one attached hydrogen (secondary N) is 1. The van der Waals surface area contributed by atoms with E-state index in [9.17, 15) is 9.18 Å². The number of rotatable bonds is 6. The van der Waals surface area contributed by atoms with Crippen molar-refractivity contribution in [1.82, 2.24) is 10.2 Å². The standard InChI is InChI=1S/C18H26BrFN2O2/c1-12(2)11-22-8-6-15(7-9-22)21-18(23)13(3)24-17-5-4-14(20)10-16(17)19/h4-5,10,12-13,15H,6-9,11H2,1-3H3,(H,21,23)/t13-/m1/s1. The van der Waals surface area contributed by atoms with Crippen molar-refractivity contribution in [3.8, 4) is 5.75 Å². The number of likely N-dealkylation sites (tertiary alicyclic amines) is 1. The lowest BCUT2D eigenvalue weighted by Gasteiger charge is -2.33. The number of benzene rings is 1. The minimum absolute atomic E-state index is 0.131. The molecule has 1 atom stereocenters. The van der Waals surface area contributed by atoms with Gasteiger partial charge in [-0.1, -0.05) is 13.8 Å². The molecule has 0 saturated carbocycles. The average Bonchev–Trinajstić information content (AvgIpc) is 2.51. The van der Waals surface area contributed by atoms with Crippen LogP contribution in [0.5, 0.6) is 5.75 Å². The number of nitrogens with zero attached hydrogens (tertiary/aromatic N) is 1. The lowest BCUT2D eigenvalue weighted by Crippen LogP contribution is -2.48. The summed E-state index contributed by atoms with van der Waals surface area (Å²) in [7, 11) is 0. The molecule has 0 unspecified atom stereocenters. The van der Waals surface area contributed by atoms with E-state index in [0.717, 1.165) is 32.5 Å². The van der Waals surface area contributed by atoms with Gasteiger partial charge in [0, 0.05) is 25.7 Å². The Morgan fingerprint density at radius 3 is 2.62 bits per heavy atom. The zero-order chi connectivity index (χ0) is 17.7. The second kappa shape index (κ2) is 8.81. The highest BCUT2D eigenvalue weighted by molar-refractivity contribution is 9.10. The van der Waals surface area contributed by atoms with Crippen LogP contribution in [-0.4, -0.2) is 42.6 Å². The van der Waals surface area contributed by atoms with Crippen LogP contribution in [0.25, 0.3) is 0 Å². The summed E-state index contributed by atoms with van der Waals surface area (Å²) in [6.45, 7) is 9.29. The monoisotopic (exact) mass is 400 g/mol. The molecular weight excluding hydrogens is 375 g/mol. The predicted molar refractivity (Wildman–Crippen MR) is 96.6 cm³/mol. The summed E-state index contributed by atoms with van der Waals surface area (Å²) in [6.07, 6.45) is 1.30. The normalized spacial score (nSPS) is 17.8. The van der Waals surface area contributed by atoms with E-state index in [0.29, 0.717) is 16.1 Å². The molecule has 0 radical (unpaired) electrons. The largest absolute Gasteiger partial charge is 0.480 e. The summed E-state index contributed by atoms with van der Waals surface area (Å²) in [5.74, 6) is 0.651. The molecule has 134 valence electrons. The van der Waals surface area contributed by atoms with Crippen molar-refractivity contribution < 1.29 is 13.9 Å². The molecule has 1 fully saturated rings. The maximum absolute atomic E-state index is 13.1. The molecule has 1 aromatic carbocycles. The van der Waals surface area contributed by atoms with Crippen LogP contribution in [0.4, 0.5) is 4.39 Å². The average molecular weight is 401 g/mol. The van der Waals surface area contributed by atoms with Gasteiger partial charge in [-0.05, 0) is 59.8 Å². The first kappa shape index (κ1) is 19.2. The molecule has 1 N–H and O–H groups in total. The third kappa shape index (κ3) is 5.74. The van der Waals surface area contributed by atoms with Crippen molar-refractivity contribution in [2.45, 2.75) is 45.8 Å². The Hall–Kier alpha value is -1.14. The number of hydrogen-bond acceptors (Lipinski definition) is 3. The Bertz CT molecular complexity index is 560. The van der Waals surface area contributed by atoms with Gasteiger partial charge in [0.15, 0.2) is 6.10 Å². The van der Waals surface area contributed by atoms with Crippen LogP contribution in [0.2, 0.25) is 0 Å². The second-order valence-electron chi connectivity index (χ2n) is 6.81. The second-order valence-corrected chi connectivity index (χ2v) is 7.67. The number of hydrogen-bond donors (Lipinski definition) is 1. The Morgan fingerprint density at radius 2 is 2.04 bits per heavy atom. The van der Waals surface area contributed by atoms with E-state index in [1.54, 1.807) is 6.92 Å². The van der Waals surface area contributed by atoms with Crippen molar-refractivity contribution in [2.24, 2.45) is 5.92 Å². The molecule has 24 heavy (non-hydrogen) atoms. The highest BCUT2D eigenvalue weighted by Gasteiger charge is 2.24. The molecule has 0 spiro atoms. The van der Waals surface area contributed by atoms with Crippen LogP contribution in [0.3, 0.4) is 0 Å². The van der Waals surface area contributed by atoms with Gasteiger partial charge in [0.05, 0.1) is 4.47 Å². The molecular formula is C18H26BrFN2O2. The van der Waals surface area contributed by atoms with Crippen LogP contribution in [-0.2, 0) is 4.79 Å². The number of carbonyl (C=O) groups is 1. The quantitative estimate of drug-likeness (QED) is 0.792. The SMILES string of the molecule is CC(C)CN1CCC(NC(=O)[C@@H](C)Oc2ccc(F)cc2Br)CC1. The van der Waals surface area contributed by atoms with Gasteiger partial charge in [-0.2, -0.15) is 0 Å². The lowest BCUT2D eigenvalue weighted by molar-refractivity contribution is -0.128. The molecule has 6 heteroatoms. The molecule has 1 heterocycles. The van der Waals surface area contributed by atoms with Crippen molar-refractivity contribution in [3.05, 3.63) is 28.5 Å². The van der Waals surface area contributed by atoms with E-state index in [2.05, 4.69) is 40.0 Å². The number of ether oxygens (including phenoxy) is 1. The topological polar surface area (TPSA) is 41.6 Å². The van der Waals surface area contributed by atoms with E-state index >= 15 is 0 Å². The fourth-order valence-corrected chi connectivity index (χ4v) is 3.35. The molecule has 1 aliphatic heterocycles.